The van der Waals surface area contributed by atoms with Crippen molar-refractivity contribution in [1.29, 1.82) is 0 Å². The standard InChI is InChI=1S/2C3H8.3H2O/c2*1-3-2;;;/h2*3H2,1-2H3;3*1H2. The van der Waals surface area contributed by atoms with E-state index < -0.39 is 0 Å². The van der Waals surface area contributed by atoms with E-state index in [9.17, 15) is 0 Å². The molecule has 0 aliphatic heterocycles. The van der Waals surface area contributed by atoms with Gasteiger partial charge < -0.3 is 16.4 Å². The Labute approximate surface area is 58.0 Å². The fourth-order valence-electron chi connectivity index (χ4n) is 0. The fourth-order valence-corrected chi connectivity index (χ4v) is 0. The zero-order valence-electron chi connectivity index (χ0n) is 6.91. The highest BCUT2D eigenvalue weighted by Gasteiger charge is 1.36. The SMILES string of the molecule is CCC.CCC.O.O.O. The molecular weight excluding hydrogens is 120 g/mol. The first-order chi connectivity index (χ1) is 2.83. The maximum Gasteiger partial charge on any atom is -0.0590 e. The summed E-state index contributed by atoms with van der Waals surface area (Å²) in [5.74, 6) is 0. The maximum atomic E-state index is 2.12. The van der Waals surface area contributed by atoms with Gasteiger partial charge in [-0.05, 0) is 0 Å². The molecule has 3 heteroatoms. The van der Waals surface area contributed by atoms with Gasteiger partial charge in [0.25, 0.3) is 0 Å². The molecule has 6 N–H and O–H groups in total. The molecule has 0 saturated heterocycles. The first-order valence-electron chi connectivity index (χ1n) is 2.83. The van der Waals surface area contributed by atoms with Crippen LogP contribution in [0.2, 0.25) is 0 Å². The Morgan fingerprint density at radius 2 is 0.556 bits per heavy atom. The average Bonchev–Trinajstić information content (AvgIpc) is 1.39. The van der Waals surface area contributed by atoms with Crippen molar-refractivity contribution in [3.8, 4) is 0 Å². The predicted octanol–water partition coefficient (Wildman–Crippen LogP) is 0.358. The smallest absolute Gasteiger partial charge is 0.0590 e. The molecule has 0 aromatic heterocycles. The molecule has 0 aromatic rings. The molecule has 0 aliphatic carbocycles. The monoisotopic (exact) mass is 142 g/mol. The van der Waals surface area contributed by atoms with Crippen LogP contribution in [0.5, 0.6) is 0 Å². The van der Waals surface area contributed by atoms with Crippen molar-refractivity contribution in [2.45, 2.75) is 40.5 Å². The highest BCUT2D eigenvalue weighted by molar-refractivity contribution is 3.92. The van der Waals surface area contributed by atoms with Crippen molar-refractivity contribution in [2.75, 3.05) is 0 Å². The molecule has 0 amide bonds. The van der Waals surface area contributed by atoms with E-state index in [1.54, 1.807) is 0 Å². The Morgan fingerprint density at radius 1 is 0.556 bits per heavy atom. The van der Waals surface area contributed by atoms with E-state index in [-0.39, 0.29) is 16.4 Å². The normalized spacial score (nSPS) is 4.00. The van der Waals surface area contributed by atoms with Gasteiger partial charge in [-0.1, -0.05) is 40.5 Å². The van der Waals surface area contributed by atoms with Crippen LogP contribution in [-0.2, 0) is 0 Å². The predicted molar refractivity (Wildman–Crippen MR) is 42.8 cm³/mol. The van der Waals surface area contributed by atoms with Gasteiger partial charge in [-0.15, -0.1) is 0 Å². The van der Waals surface area contributed by atoms with E-state index >= 15 is 0 Å². The van der Waals surface area contributed by atoms with E-state index in [4.69, 9.17) is 0 Å². The second kappa shape index (κ2) is 106. The van der Waals surface area contributed by atoms with Gasteiger partial charge in [-0.3, -0.25) is 0 Å². The van der Waals surface area contributed by atoms with Gasteiger partial charge in [0, 0.05) is 0 Å². The van der Waals surface area contributed by atoms with Crippen LogP contribution >= 0.6 is 0 Å². The summed E-state index contributed by atoms with van der Waals surface area (Å²) in [5.41, 5.74) is 0. The number of hydrogen-bond acceptors (Lipinski definition) is 0. The van der Waals surface area contributed by atoms with Gasteiger partial charge in [0.2, 0.25) is 0 Å². The molecule has 0 aliphatic rings. The summed E-state index contributed by atoms with van der Waals surface area (Å²) in [5, 5.41) is 0. The number of rotatable bonds is 0. The molecule has 0 spiro atoms. The summed E-state index contributed by atoms with van der Waals surface area (Å²) < 4.78 is 0. The molecule has 64 valence electrons. The quantitative estimate of drug-likeness (QED) is 0.467. The van der Waals surface area contributed by atoms with Gasteiger partial charge in [0.15, 0.2) is 0 Å². The van der Waals surface area contributed by atoms with Crippen molar-refractivity contribution in [3.05, 3.63) is 0 Å². The summed E-state index contributed by atoms with van der Waals surface area (Å²) >= 11 is 0. The molecular formula is C6H22O3. The van der Waals surface area contributed by atoms with E-state index in [0.717, 1.165) is 0 Å². The van der Waals surface area contributed by atoms with Crippen molar-refractivity contribution in [3.63, 3.8) is 0 Å². The third kappa shape index (κ3) is 18900. The third-order valence-electron chi connectivity index (χ3n) is 0. The van der Waals surface area contributed by atoms with E-state index in [0.29, 0.717) is 0 Å². The first-order valence-corrected chi connectivity index (χ1v) is 2.83. The van der Waals surface area contributed by atoms with Crippen molar-refractivity contribution in [1.82, 2.24) is 0 Å². The topological polar surface area (TPSA) is 94.5 Å². The minimum Gasteiger partial charge on any atom is -0.412 e. The zero-order valence-corrected chi connectivity index (χ0v) is 6.91. The van der Waals surface area contributed by atoms with Crippen LogP contribution < -0.4 is 0 Å². The van der Waals surface area contributed by atoms with Crippen LogP contribution in [-0.4, -0.2) is 16.4 Å². The van der Waals surface area contributed by atoms with Crippen molar-refractivity contribution >= 4 is 0 Å². The molecule has 0 bridgehead atoms. The molecule has 0 unspecified atom stereocenters. The Bertz CT molecular complexity index is 10.3. The van der Waals surface area contributed by atoms with Gasteiger partial charge in [-0.25, -0.2) is 0 Å². The average molecular weight is 142 g/mol. The Hall–Kier alpha value is -0.120. The largest absolute Gasteiger partial charge is 0.412 e. The van der Waals surface area contributed by atoms with Crippen LogP contribution in [0.3, 0.4) is 0 Å². The lowest BCUT2D eigenvalue weighted by molar-refractivity contribution is 0.823. The molecule has 0 radical (unpaired) electrons. The third-order valence-corrected chi connectivity index (χ3v) is 0. The Morgan fingerprint density at radius 3 is 0.556 bits per heavy atom. The van der Waals surface area contributed by atoms with E-state index in [2.05, 4.69) is 27.7 Å². The lowest BCUT2D eigenvalue weighted by Crippen LogP contribution is -1.27. The summed E-state index contributed by atoms with van der Waals surface area (Å²) in [6.07, 6.45) is 2.50. The minimum atomic E-state index is 0. The van der Waals surface area contributed by atoms with Crippen LogP contribution in [0.25, 0.3) is 0 Å². The summed E-state index contributed by atoms with van der Waals surface area (Å²) in [7, 11) is 0. The second-order valence-electron chi connectivity index (χ2n) is 1.41. The molecule has 9 heavy (non-hydrogen) atoms. The fraction of sp³-hybridized carbons (Fsp3) is 1.00. The first kappa shape index (κ1) is 36.6. The minimum absolute atomic E-state index is 0. The van der Waals surface area contributed by atoms with Gasteiger partial charge in [0.1, 0.15) is 0 Å². The highest BCUT2D eigenvalue weighted by Crippen LogP contribution is 1.56. The molecule has 3 nitrogen and oxygen atoms in total. The Kier molecular flexibility index (Phi) is 429. The number of hydrogen-bond donors (Lipinski definition) is 0. The Balaban J connectivity index is -0.00000000889. The van der Waals surface area contributed by atoms with E-state index in [1.807, 2.05) is 0 Å². The summed E-state index contributed by atoms with van der Waals surface area (Å²) in [4.78, 5) is 0. The molecule has 0 aromatic carbocycles. The lowest BCUT2D eigenvalue weighted by Gasteiger charge is -1.48. The maximum absolute atomic E-state index is 2.12. The lowest BCUT2D eigenvalue weighted by atomic mass is 10.6. The molecule has 0 saturated carbocycles. The van der Waals surface area contributed by atoms with Crippen molar-refractivity contribution < 1.29 is 16.4 Å². The second-order valence-corrected chi connectivity index (χ2v) is 1.41. The molecule has 0 atom stereocenters. The van der Waals surface area contributed by atoms with Crippen LogP contribution in [0.4, 0.5) is 0 Å². The van der Waals surface area contributed by atoms with E-state index in [1.165, 1.54) is 12.8 Å². The molecule has 0 fully saturated rings. The van der Waals surface area contributed by atoms with Crippen LogP contribution in [0.15, 0.2) is 0 Å². The zero-order chi connectivity index (χ0) is 5.41. The highest BCUT2D eigenvalue weighted by atomic mass is 16.0. The van der Waals surface area contributed by atoms with Crippen LogP contribution in [0.1, 0.15) is 40.5 Å². The molecule has 0 rings (SSSR count). The van der Waals surface area contributed by atoms with Crippen LogP contribution in [0, 0.1) is 0 Å². The van der Waals surface area contributed by atoms with Gasteiger partial charge in [0.05, 0.1) is 0 Å². The molecule has 0 heterocycles. The van der Waals surface area contributed by atoms with Gasteiger partial charge in [-0.2, -0.15) is 0 Å². The summed E-state index contributed by atoms with van der Waals surface area (Å²) in [6, 6.07) is 0. The van der Waals surface area contributed by atoms with Crippen molar-refractivity contribution in [2.24, 2.45) is 0 Å². The van der Waals surface area contributed by atoms with Gasteiger partial charge >= 0.3 is 0 Å². The summed E-state index contributed by atoms with van der Waals surface area (Å²) in [6.45, 7) is 8.50.